The Bertz CT molecular complexity index is 406. The second-order valence-electron chi connectivity index (χ2n) is 3.93. The van der Waals surface area contributed by atoms with E-state index in [4.69, 9.17) is 11.6 Å². The number of halogens is 4. The Hall–Kier alpha value is -0.820. The standard InChI is InChI=1S/C11H12ClF3N2.H2O/c12-9-3-2-7(11(13,14)15)6-8(9)10-16-4-1-5-17-10;/h2-3,6,10,16-17H,1,4-5H2;1H2. The molecule has 0 aliphatic carbocycles. The van der Waals surface area contributed by atoms with Crippen LogP contribution in [0.2, 0.25) is 5.02 Å². The Balaban J connectivity index is 0.00000162. The summed E-state index contributed by atoms with van der Waals surface area (Å²) >= 11 is 5.93. The lowest BCUT2D eigenvalue weighted by molar-refractivity contribution is -0.137. The minimum absolute atomic E-state index is 0. The van der Waals surface area contributed by atoms with Crippen LogP contribution < -0.4 is 10.6 Å². The summed E-state index contributed by atoms with van der Waals surface area (Å²) in [6, 6.07) is 3.38. The molecule has 102 valence electrons. The van der Waals surface area contributed by atoms with Gasteiger partial charge in [-0.25, -0.2) is 0 Å². The molecule has 0 amide bonds. The Morgan fingerprint density at radius 3 is 2.33 bits per heavy atom. The lowest BCUT2D eigenvalue weighted by atomic mass is 10.1. The third-order valence-corrected chi connectivity index (χ3v) is 3.03. The fourth-order valence-electron chi connectivity index (χ4n) is 1.81. The van der Waals surface area contributed by atoms with Gasteiger partial charge in [0.25, 0.3) is 0 Å². The molecule has 1 aromatic rings. The molecule has 0 atom stereocenters. The first-order valence-corrected chi connectivity index (χ1v) is 5.70. The number of nitrogens with one attached hydrogen (secondary N) is 2. The van der Waals surface area contributed by atoms with Crippen LogP contribution in [0.25, 0.3) is 0 Å². The van der Waals surface area contributed by atoms with Gasteiger partial charge in [0.2, 0.25) is 0 Å². The maximum Gasteiger partial charge on any atom is 0.416 e. The highest BCUT2D eigenvalue weighted by Gasteiger charge is 2.31. The first-order chi connectivity index (χ1) is 7.98. The minimum Gasteiger partial charge on any atom is -0.412 e. The first kappa shape index (κ1) is 15.2. The molecule has 1 fully saturated rings. The first-order valence-electron chi connectivity index (χ1n) is 5.32. The molecule has 3 nitrogen and oxygen atoms in total. The molecule has 7 heteroatoms. The normalized spacial score (nSPS) is 17.3. The number of hydrogen-bond acceptors (Lipinski definition) is 2. The van der Waals surface area contributed by atoms with Gasteiger partial charge in [0.15, 0.2) is 0 Å². The van der Waals surface area contributed by atoms with Crippen molar-refractivity contribution in [3.05, 3.63) is 34.3 Å². The Morgan fingerprint density at radius 2 is 1.78 bits per heavy atom. The van der Waals surface area contributed by atoms with E-state index in [0.717, 1.165) is 31.6 Å². The van der Waals surface area contributed by atoms with Crippen molar-refractivity contribution in [2.24, 2.45) is 0 Å². The van der Waals surface area contributed by atoms with Crippen LogP contribution in [0, 0.1) is 0 Å². The van der Waals surface area contributed by atoms with Gasteiger partial charge in [0.1, 0.15) is 0 Å². The monoisotopic (exact) mass is 282 g/mol. The molecule has 0 aromatic heterocycles. The predicted octanol–water partition coefficient (Wildman–Crippen LogP) is 2.12. The van der Waals surface area contributed by atoms with Crippen molar-refractivity contribution >= 4 is 11.6 Å². The van der Waals surface area contributed by atoms with E-state index in [9.17, 15) is 13.2 Å². The molecule has 1 aromatic carbocycles. The van der Waals surface area contributed by atoms with Crippen LogP contribution >= 0.6 is 11.6 Å². The average Bonchev–Trinajstić information content (AvgIpc) is 2.29. The van der Waals surface area contributed by atoms with Crippen LogP contribution in [0.5, 0.6) is 0 Å². The van der Waals surface area contributed by atoms with E-state index in [2.05, 4.69) is 10.6 Å². The maximum atomic E-state index is 12.6. The maximum absolute atomic E-state index is 12.6. The summed E-state index contributed by atoms with van der Waals surface area (Å²) < 4.78 is 37.7. The van der Waals surface area contributed by atoms with Gasteiger partial charge >= 0.3 is 6.18 Å². The minimum atomic E-state index is -4.34. The molecule has 0 spiro atoms. The highest BCUT2D eigenvalue weighted by Crippen LogP contribution is 2.33. The smallest absolute Gasteiger partial charge is 0.412 e. The summed E-state index contributed by atoms with van der Waals surface area (Å²) in [5, 5.41) is 6.52. The van der Waals surface area contributed by atoms with Crippen LogP contribution in [-0.2, 0) is 6.18 Å². The van der Waals surface area contributed by atoms with E-state index in [0.29, 0.717) is 10.6 Å². The molecule has 0 saturated carbocycles. The summed E-state index contributed by atoms with van der Waals surface area (Å²) in [5.41, 5.74) is -0.229. The van der Waals surface area contributed by atoms with Crippen LogP contribution in [0.15, 0.2) is 18.2 Å². The van der Waals surface area contributed by atoms with Crippen LogP contribution in [0.3, 0.4) is 0 Å². The van der Waals surface area contributed by atoms with Crippen molar-refractivity contribution < 1.29 is 18.6 Å². The highest BCUT2D eigenvalue weighted by atomic mass is 35.5. The molecule has 2 rings (SSSR count). The third-order valence-electron chi connectivity index (χ3n) is 2.68. The van der Waals surface area contributed by atoms with Gasteiger partial charge in [-0.2, -0.15) is 13.2 Å². The lowest BCUT2D eigenvalue weighted by Crippen LogP contribution is -2.41. The van der Waals surface area contributed by atoms with E-state index < -0.39 is 11.7 Å². The van der Waals surface area contributed by atoms with Gasteiger partial charge in [-0.3, -0.25) is 10.6 Å². The summed E-state index contributed by atoms with van der Waals surface area (Å²) in [4.78, 5) is 0. The average molecular weight is 283 g/mol. The Morgan fingerprint density at radius 1 is 1.17 bits per heavy atom. The molecule has 0 bridgehead atoms. The van der Waals surface area contributed by atoms with E-state index >= 15 is 0 Å². The van der Waals surface area contributed by atoms with Crippen molar-refractivity contribution in [2.75, 3.05) is 13.1 Å². The van der Waals surface area contributed by atoms with Crippen LogP contribution in [0.4, 0.5) is 13.2 Å². The zero-order chi connectivity index (χ0) is 12.5. The summed E-state index contributed by atoms with van der Waals surface area (Å²) in [6.45, 7) is 1.54. The van der Waals surface area contributed by atoms with E-state index in [1.54, 1.807) is 0 Å². The molecule has 1 aliphatic heterocycles. The SMILES string of the molecule is FC(F)(F)c1ccc(Cl)c(C2NCCCN2)c1.O. The molecule has 4 N–H and O–H groups in total. The largest absolute Gasteiger partial charge is 0.416 e. The van der Waals surface area contributed by atoms with Crippen LogP contribution in [-0.4, -0.2) is 18.6 Å². The topological polar surface area (TPSA) is 55.6 Å². The number of alkyl halides is 3. The van der Waals surface area contributed by atoms with Crippen LogP contribution in [0.1, 0.15) is 23.7 Å². The molecule has 0 radical (unpaired) electrons. The van der Waals surface area contributed by atoms with Crippen molar-refractivity contribution in [2.45, 2.75) is 18.8 Å². The third kappa shape index (κ3) is 3.35. The van der Waals surface area contributed by atoms with Crippen molar-refractivity contribution in [1.82, 2.24) is 10.6 Å². The fraction of sp³-hybridized carbons (Fsp3) is 0.455. The van der Waals surface area contributed by atoms with Gasteiger partial charge in [-0.15, -0.1) is 0 Å². The lowest BCUT2D eigenvalue weighted by Gasteiger charge is -2.26. The fourth-order valence-corrected chi connectivity index (χ4v) is 2.04. The van der Waals surface area contributed by atoms with Crippen molar-refractivity contribution in [1.29, 1.82) is 0 Å². The van der Waals surface area contributed by atoms with Gasteiger partial charge < -0.3 is 5.48 Å². The highest BCUT2D eigenvalue weighted by molar-refractivity contribution is 6.31. The summed E-state index contributed by atoms with van der Waals surface area (Å²) in [7, 11) is 0. The Labute approximate surface area is 108 Å². The molecule has 0 unspecified atom stereocenters. The van der Waals surface area contributed by atoms with Crippen molar-refractivity contribution in [3.63, 3.8) is 0 Å². The van der Waals surface area contributed by atoms with E-state index in [-0.39, 0.29) is 11.6 Å². The quantitative estimate of drug-likeness (QED) is 0.829. The zero-order valence-corrected chi connectivity index (χ0v) is 10.2. The Kier molecular flexibility index (Phi) is 4.98. The summed E-state index contributed by atoms with van der Waals surface area (Å²) in [6.07, 6.45) is -3.69. The molecular formula is C11H14ClF3N2O. The van der Waals surface area contributed by atoms with Gasteiger partial charge in [-0.1, -0.05) is 11.6 Å². The number of rotatable bonds is 1. The van der Waals surface area contributed by atoms with Gasteiger partial charge in [0, 0.05) is 10.6 Å². The molecule has 1 heterocycles. The molecule has 1 saturated heterocycles. The molecular weight excluding hydrogens is 269 g/mol. The number of hydrogen-bond donors (Lipinski definition) is 2. The second-order valence-corrected chi connectivity index (χ2v) is 4.34. The van der Waals surface area contributed by atoms with Gasteiger partial charge in [0.05, 0.1) is 11.7 Å². The molecule has 1 aliphatic rings. The summed E-state index contributed by atoms with van der Waals surface area (Å²) in [5.74, 6) is 0. The van der Waals surface area contributed by atoms with Gasteiger partial charge in [-0.05, 0) is 37.7 Å². The number of benzene rings is 1. The second kappa shape index (κ2) is 5.88. The van der Waals surface area contributed by atoms with Crippen molar-refractivity contribution in [3.8, 4) is 0 Å². The molecule has 18 heavy (non-hydrogen) atoms. The predicted molar refractivity (Wildman–Crippen MR) is 63.4 cm³/mol. The van der Waals surface area contributed by atoms with E-state index in [1.807, 2.05) is 0 Å². The zero-order valence-electron chi connectivity index (χ0n) is 9.44. The van der Waals surface area contributed by atoms with E-state index in [1.165, 1.54) is 6.07 Å².